The molecule has 2 aliphatic rings. The number of piperidine rings is 1. The zero-order valence-corrected chi connectivity index (χ0v) is 12.1. The molecule has 2 saturated heterocycles. The molecule has 112 valence electrons. The second-order valence-corrected chi connectivity index (χ2v) is 5.37. The first-order valence-electron chi connectivity index (χ1n) is 7.30. The summed E-state index contributed by atoms with van der Waals surface area (Å²) in [7, 11) is 1.75. The van der Waals surface area contributed by atoms with Crippen LogP contribution in [0.15, 0.2) is 0 Å². The van der Waals surface area contributed by atoms with Gasteiger partial charge in [0.25, 0.3) is 0 Å². The highest BCUT2D eigenvalue weighted by molar-refractivity contribution is 5.78. The molecule has 1 unspecified atom stereocenters. The van der Waals surface area contributed by atoms with Gasteiger partial charge in [0.15, 0.2) is 6.29 Å². The van der Waals surface area contributed by atoms with Gasteiger partial charge in [0.05, 0.1) is 38.3 Å². The number of ether oxygens (including phenoxy) is 2. The van der Waals surface area contributed by atoms with E-state index in [-0.39, 0.29) is 18.2 Å². The predicted molar refractivity (Wildman–Crippen MR) is 72.8 cm³/mol. The van der Waals surface area contributed by atoms with Crippen molar-refractivity contribution in [2.45, 2.75) is 38.0 Å². The van der Waals surface area contributed by atoms with Crippen LogP contribution in [0.4, 0.5) is 0 Å². The molecular weight excluding hydrogens is 258 g/mol. The van der Waals surface area contributed by atoms with Crippen LogP contribution >= 0.6 is 0 Å². The molecule has 1 amide bonds. The second-order valence-electron chi connectivity index (χ2n) is 5.37. The average Bonchev–Trinajstić information content (AvgIpc) is 2.99. The molecule has 0 saturated carbocycles. The quantitative estimate of drug-likeness (QED) is 0.738. The summed E-state index contributed by atoms with van der Waals surface area (Å²) in [5.41, 5.74) is 0. The summed E-state index contributed by atoms with van der Waals surface area (Å²) in [5.74, 6) is 0.0603. The number of nitrogens with zero attached hydrogens (tertiary/aromatic N) is 3. The fraction of sp³-hybridized carbons (Fsp3) is 0.857. The maximum atomic E-state index is 12.2. The summed E-state index contributed by atoms with van der Waals surface area (Å²) >= 11 is 0. The Balaban J connectivity index is 1.88. The van der Waals surface area contributed by atoms with Crippen molar-refractivity contribution < 1.29 is 14.3 Å². The minimum absolute atomic E-state index is 0.0603. The number of rotatable bonds is 5. The van der Waals surface area contributed by atoms with Crippen LogP contribution in [0.25, 0.3) is 0 Å². The first kappa shape index (κ1) is 15.2. The van der Waals surface area contributed by atoms with Crippen LogP contribution in [0, 0.1) is 11.3 Å². The zero-order chi connectivity index (χ0) is 14.4. The number of carbonyl (C=O) groups excluding carboxylic acids is 1. The van der Waals surface area contributed by atoms with Crippen LogP contribution in [-0.2, 0) is 14.3 Å². The highest BCUT2D eigenvalue weighted by atomic mass is 16.7. The third-order valence-electron chi connectivity index (χ3n) is 3.95. The minimum Gasteiger partial charge on any atom is -0.349 e. The maximum absolute atomic E-state index is 12.2. The lowest BCUT2D eigenvalue weighted by atomic mass is 10.0. The Kier molecular flexibility index (Phi) is 5.77. The summed E-state index contributed by atoms with van der Waals surface area (Å²) in [6.45, 7) is 3.07. The van der Waals surface area contributed by atoms with Crippen molar-refractivity contribution in [3.05, 3.63) is 0 Å². The van der Waals surface area contributed by atoms with Gasteiger partial charge in [0.1, 0.15) is 0 Å². The van der Waals surface area contributed by atoms with E-state index in [0.29, 0.717) is 32.7 Å². The molecule has 1 atom stereocenters. The lowest BCUT2D eigenvalue weighted by molar-refractivity contribution is -0.138. The first-order chi connectivity index (χ1) is 9.72. The van der Waals surface area contributed by atoms with E-state index in [2.05, 4.69) is 11.0 Å². The molecule has 2 heterocycles. The number of hydrogen-bond acceptors (Lipinski definition) is 5. The first-order valence-corrected chi connectivity index (χ1v) is 7.30. The summed E-state index contributed by atoms with van der Waals surface area (Å²) in [4.78, 5) is 16.0. The van der Waals surface area contributed by atoms with Crippen molar-refractivity contribution in [3.63, 3.8) is 0 Å². The minimum atomic E-state index is -0.187. The molecule has 2 aliphatic heterocycles. The molecule has 6 nitrogen and oxygen atoms in total. The third kappa shape index (κ3) is 3.92. The van der Waals surface area contributed by atoms with E-state index >= 15 is 0 Å². The van der Waals surface area contributed by atoms with Crippen LogP contribution in [0.1, 0.15) is 25.7 Å². The molecule has 6 heteroatoms. The SMILES string of the molecule is CN(CCC#N)C(=O)CN1CCCCC1C1OCCO1. The van der Waals surface area contributed by atoms with Gasteiger partial charge in [0, 0.05) is 13.6 Å². The van der Waals surface area contributed by atoms with Gasteiger partial charge in [-0.3, -0.25) is 9.69 Å². The van der Waals surface area contributed by atoms with Gasteiger partial charge in [-0.25, -0.2) is 0 Å². The van der Waals surface area contributed by atoms with E-state index in [1.165, 1.54) is 0 Å². The standard InChI is InChI=1S/C14H23N3O3/c1-16(7-4-6-15)13(18)11-17-8-3-2-5-12(17)14-19-9-10-20-14/h12,14H,2-5,7-11H2,1H3. The molecular formula is C14H23N3O3. The van der Waals surface area contributed by atoms with Gasteiger partial charge >= 0.3 is 0 Å². The molecule has 0 N–H and O–H groups in total. The molecule has 20 heavy (non-hydrogen) atoms. The Hall–Kier alpha value is -1.16. The monoisotopic (exact) mass is 281 g/mol. The van der Waals surface area contributed by atoms with Gasteiger partial charge in [-0.15, -0.1) is 0 Å². The normalized spacial score (nSPS) is 24.5. The highest BCUT2D eigenvalue weighted by Crippen LogP contribution is 2.24. The topological polar surface area (TPSA) is 65.8 Å². The van der Waals surface area contributed by atoms with Gasteiger partial charge in [-0.05, 0) is 19.4 Å². The van der Waals surface area contributed by atoms with Crippen LogP contribution in [0.2, 0.25) is 0 Å². The van der Waals surface area contributed by atoms with E-state index in [1.807, 2.05) is 0 Å². The largest absolute Gasteiger partial charge is 0.349 e. The lowest BCUT2D eigenvalue weighted by Crippen LogP contribution is -2.51. The lowest BCUT2D eigenvalue weighted by Gasteiger charge is -2.38. The van der Waals surface area contributed by atoms with Crippen molar-refractivity contribution in [1.29, 1.82) is 5.26 Å². The fourth-order valence-corrected chi connectivity index (χ4v) is 2.76. The van der Waals surface area contributed by atoms with E-state index in [9.17, 15) is 4.79 Å². The Labute approximate surface area is 120 Å². The summed E-state index contributed by atoms with van der Waals surface area (Å²) in [6.07, 6.45) is 3.47. The van der Waals surface area contributed by atoms with Gasteiger partial charge in [0.2, 0.25) is 5.91 Å². The van der Waals surface area contributed by atoms with Crippen molar-refractivity contribution in [2.75, 3.05) is 39.9 Å². The van der Waals surface area contributed by atoms with Crippen LogP contribution in [0.3, 0.4) is 0 Å². The van der Waals surface area contributed by atoms with Crippen LogP contribution < -0.4 is 0 Å². The highest BCUT2D eigenvalue weighted by Gasteiger charge is 2.34. The Morgan fingerprint density at radius 3 is 2.85 bits per heavy atom. The Bertz CT molecular complexity index is 363. The third-order valence-corrected chi connectivity index (χ3v) is 3.95. The van der Waals surface area contributed by atoms with Crippen molar-refractivity contribution in [2.24, 2.45) is 0 Å². The molecule has 0 radical (unpaired) electrons. The summed E-state index contributed by atoms with van der Waals surface area (Å²) in [6, 6.07) is 2.24. The molecule has 0 aromatic carbocycles. The molecule has 0 spiro atoms. The maximum Gasteiger partial charge on any atom is 0.236 e. The van der Waals surface area contributed by atoms with Crippen LogP contribution in [0.5, 0.6) is 0 Å². The van der Waals surface area contributed by atoms with E-state index in [0.717, 1.165) is 25.8 Å². The number of hydrogen-bond donors (Lipinski definition) is 0. The van der Waals surface area contributed by atoms with Gasteiger partial charge in [-0.2, -0.15) is 5.26 Å². The second kappa shape index (κ2) is 7.58. The van der Waals surface area contributed by atoms with E-state index < -0.39 is 0 Å². The van der Waals surface area contributed by atoms with E-state index in [1.54, 1.807) is 11.9 Å². The zero-order valence-electron chi connectivity index (χ0n) is 12.1. The van der Waals surface area contributed by atoms with Crippen molar-refractivity contribution in [3.8, 4) is 6.07 Å². The van der Waals surface area contributed by atoms with Crippen molar-refractivity contribution in [1.82, 2.24) is 9.80 Å². The smallest absolute Gasteiger partial charge is 0.236 e. The number of nitriles is 1. The fourth-order valence-electron chi connectivity index (χ4n) is 2.76. The molecule has 0 aromatic rings. The molecule has 2 rings (SSSR count). The number of amides is 1. The molecule has 2 fully saturated rings. The number of likely N-dealkylation sites (N-methyl/N-ethyl adjacent to an activating group) is 1. The molecule has 0 bridgehead atoms. The van der Waals surface area contributed by atoms with Gasteiger partial charge < -0.3 is 14.4 Å². The van der Waals surface area contributed by atoms with Crippen molar-refractivity contribution >= 4 is 5.91 Å². The van der Waals surface area contributed by atoms with Gasteiger partial charge in [-0.1, -0.05) is 6.42 Å². The summed E-state index contributed by atoms with van der Waals surface area (Å²) in [5, 5.41) is 8.57. The summed E-state index contributed by atoms with van der Waals surface area (Å²) < 4.78 is 11.2. The predicted octanol–water partition coefficient (Wildman–Crippen LogP) is 0.586. The molecule has 0 aromatic heterocycles. The Morgan fingerprint density at radius 1 is 1.40 bits per heavy atom. The Morgan fingerprint density at radius 2 is 2.15 bits per heavy atom. The average molecular weight is 281 g/mol. The number of likely N-dealkylation sites (tertiary alicyclic amines) is 1. The van der Waals surface area contributed by atoms with E-state index in [4.69, 9.17) is 14.7 Å². The number of carbonyl (C=O) groups is 1. The molecule has 0 aliphatic carbocycles. The van der Waals surface area contributed by atoms with Crippen LogP contribution in [-0.4, -0.2) is 67.9 Å².